The van der Waals surface area contributed by atoms with Crippen molar-refractivity contribution in [1.29, 1.82) is 0 Å². The van der Waals surface area contributed by atoms with Gasteiger partial charge in [-0.15, -0.1) is 16.8 Å². The van der Waals surface area contributed by atoms with Gasteiger partial charge < -0.3 is 0 Å². The lowest BCUT2D eigenvalue weighted by atomic mass is 10.0. The lowest BCUT2D eigenvalue weighted by Gasteiger charge is -2.08. The highest BCUT2D eigenvalue weighted by molar-refractivity contribution is 7.99. The molecule has 2 heterocycles. The summed E-state index contributed by atoms with van der Waals surface area (Å²) < 4.78 is 1.95. The van der Waals surface area contributed by atoms with E-state index in [1.54, 1.807) is 18.5 Å². The molecule has 132 valence electrons. The first-order valence-corrected chi connectivity index (χ1v) is 9.26. The summed E-state index contributed by atoms with van der Waals surface area (Å²) in [6, 6.07) is 9.68. The van der Waals surface area contributed by atoms with Gasteiger partial charge in [-0.05, 0) is 31.5 Å². The molecule has 3 rings (SSSR count). The second-order valence-electron chi connectivity index (χ2n) is 5.98. The number of Topliss-reactive ketones (excluding diaryl/α,β-unsaturated/α-hetero) is 1. The highest BCUT2D eigenvalue weighted by Crippen LogP contribution is 2.24. The first kappa shape index (κ1) is 18.1. The molecule has 0 amide bonds. The molecular weight excluding hydrogens is 344 g/mol. The van der Waals surface area contributed by atoms with Crippen LogP contribution in [0.5, 0.6) is 0 Å². The van der Waals surface area contributed by atoms with Crippen LogP contribution in [-0.4, -0.2) is 31.3 Å². The van der Waals surface area contributed by atoms with Crippen LogP contribution >= 0.6 is 11.8 Å². The summed E-state index contributed by atoms with van der Waals surface area (Å²) in [5.41, 5.74) is 3.79. The zero-order valence-electron chi connectivity index (χ0n) is 14.8. The number of nitrogens with zero attached hydrogens (tertiary/aromatic N) is 4. The molecule has 0 aliphatic carbocycles. The quantitative estimate of drug-likeness (QED) is 0.359. The van der Waals surface area contributed by atoms with Crippen molar-refractivity contribution in [3.63, 3.8) is 0 Å². The highest BCUT2D eigenvalue weighted by atomic mass is 32.2. The van der Waals surface area contributed by atoms with Gasteiger partial charge in [0.05, 0.1) is 5.75 Å². The van der Waals surface area contributed by atoms with E-state index in [0.29, 0.717) is 17.5 Å². The van der Waals surface area contributed by atoms with E-state index in [1.807, 2.05) is 48.7 Å². The second-order valence-corrected chi connectivity index (χ2v) is 6.92. The number of rotatable bonds is 7. The molecule has 26 heavy (non-hydrogen) atoms. The van der Waals surface area contributed by atoms with E-state index >= 15 is 0 Å². The van der Waals surface area contributed by atoms with Gasteiger partial charge in [0, 0.05) is 30.1 Å². The van der Waals surface area contributed by atoms with Gasteiger partial charge in [-0.2, -0.15) is 0 Å². The van der Waals surface area contributed by atoms with Gasteiger partial charge in [0.15, 0.2) is 16.8 Å². The molecule has 5 nitrogen and oxygen atoms in total. The summed E-state index contributed by atoms with van der Waals surface area (Å²) in [5.74, 6) is 1.12. The average molecular weight is 364 g/mol. The summed E-state index contributed by atoms with van der Waals surface area (Å²) in [5, 5.41) is 9.24. The molecule has 0 aliphatic heterocycles. The van der Waals surface area contributed by atoms with Gasteiger partial charge in [-0.3, -0.25) is 14.3 Å². The van der Waals surface area contributed by atoms with Crippen molar-refractivity contribution in [1.82, 2.24) is 19.7 Å². The summed E-state index contributed by atoms with van der Waals surface area (Å²) in [7, 11) is 0. The number of benzene rings is 1. The molecule has 1 aromatic carbocycles. The largest absolute Gasteiger partial charge is 0.298 e. The van der Waals surface area contributed by atoms with E-state index < -0.39 is 0 Å². The third-order valence-electron chi connectivity index (χ3n) is 3.96. The van der Waals surface area contributed by atoms with E-state index in [2.05, 4.69) is 21.8 Å². The van der Waals surface area contributed by atoms with E-state index in [-0.39, 0.29) is 5.78 Å². The fraction of sp³-hybridized carbons (Fsp3) is 0.200. The van der Waals surface area contributed by atoms with Gasteiger partial charge in [-0.25, -0.2) is 0 Å². The van der Waals surface area contributed by atoms with Gasteiger partial charge in [0.2, 0.25) is 0 Å². The molecule has 0 N–H and O–H groups in total. The fourth-order valence-corrected chi connectivity index (χ4v) is 3.56. The first-order valence-electron chi connectivity index (χ1n) is 8.28. The summed E-state index contributed by atoms with van der Waals surface area (Å²) in [4.78, 5) is 16.7. The molecule has 0 saturated carbocycles. The molecule has 0 aliphatic rings. The Bertz CT molecular complexity index is 934. The normalized spacial score (nSPS) is 10.7. The minimum atomic E-state index is 0.0866. The van der Waals surface area contributed by atoms with Crippen LogP contribution in [0.15, 0.2) is 60.5 Å². The highest BCUT2D eigenvalue weighted by Gasteiger charge is 2.16. The van der Waals surface area contributed by atoms with Crippen LogP contribution in [0, 0.1) is 13.8 Å². The maximum atomic E-state index is 12.6. The van der Waals surface area contributed by atoms with E-state index in [9.17, 15) is 4.79 Å². The number of carbonyl (C=O) groups excluding carboxylic acids is 1. The van der Waals surface area contributed by atoms with Crippen LogP contribution in [0.3, 0.4) is 0 Å². The lowest BCUT2D eigenvalue weighted by Crippen LogP contribution is -2.07. The predicted octanol–water partition coefficient (Wildman–Crippen LogP) is 4.12. The fourth-order valence-electron chi connectivity index (χ4n) is 2.73. The Kier molecular flexibility index (Phi) is 5.63. The van der Waals surface area contributed by atoms with Crippen LogP contribution in [0.2, 0.25) is 0 Å². The Morgan fingerprint density at radius 1 is 1.27 bits per heavy atom. The van der Waals surface area contributed by atoms with Crippen molar-refractivity contribution in [3.8, 4) is 11.4 Å². The Hall–Kier alpha value is -2.73. The number of thioether (sulfide) groups is 1. The predicted molar refractivity (Wildman–Crippen MR) is 104 cm³/mol. The van der Waals surface area contributed by atoms with E-state index in [4.69, 9.17) is 0 Å². The van der Waals surface area contributed by atoms with Crippen molar-refractivity contribution in [2.45, 2.75) is 25.5 Å². The Labute approximate surface area is 157 Å². The standard InChI is InChI=1S/C20H20N4OS/c1-4-10-24-19(16-6-5-9-21-12-16)22-23-20(24)26-13-18(25)17-8-7-14(2)11-15(17)3/h4-9,11-12H,1,10,13H2,2-3H3. The molecule has 0 fully saturated rings. The van der Waals surface area contributed by atoms with Crippen molar-refractivity contribution < 1.29 is 4.79 Å². The number of aromatic nitrogens is 4. The summed E-state index contributed by atoms with van der Waals surface area (Å²) >= 11 is 1.39. The van der Waals surface area contributed by atoms with Crippen LogP contribution in [0.25, 0.3) is 11.4 Å². The molecule has 0 atom stereocenters. The van der Waals surface area contributed by atoms with Crippen LogP contribution in [-0.2, 0) is 6.54 Å². The van der Waals surface area contributed by atoms with Gasteiger partial charge in [0.25, 0.3) is 0 Å². The maximum Gasteiger partial charge on any atom is 0.192 e. The van der Waals surface area contributed by atoms with Crippen LogP contribution in [0.4, 0.5) is 0 Å². The monoisotopic (exact) mass is 364 g/mol. The summed E-state index contributed by atoms with van der Waals surface area (Å²) in [6.45, 7) is 8.36. The third kappa shape index (κ3) is 3.91. The van der Waals surface area contributed by atoms with Gasteiger partial charge in [0.1, 0.15) is 0 Å². The Balaban J connectivity index is 1.80. The van der Waals surface area contributed by atoms with Crippen molar-refractivity contribution in [3.05, 3.63) is 72.1 Å². The molecule has 0 radical (unpaired) electrons. The lowest BCUT2D eigenvalue weighted by molar-refractivity contribution is 0.102. The molecule has 0 spiro atoms. The third-order valence-corrected chi connectivity index (χ3v) is 4.93. The number of hydrogen-bond donors (Lipinski definition) is 0. The Morgan fingerprint density at radius 2 is 2.12 bits per heavy atom. The first-order chi connectivity index (χ1) is 12.6. The Morgan fingerprint density at radius 3 is 2.81 bits per heavy atom. The number of pyridine rings is 1. The second kappa shape index (κ2) is 8.10. The van der Waals surface area contributed by atoms with Crippen molar-refractivity contribution in [2.75, 3.05) is 5.75 Å². The summed E-state index contributed by atoms with van der Waals surface area (Å²) in [6.07, 6.45) is 5.26. The smallest absolute Gasteiger partial charge is 0.192 e. The number of carbonyl (C=O) groups is 1. The average Bonchev–Trinajstić information content (AvgIpc) is 3.03. The molecule has 0 saturated heterocycles. The topological polar surface area (TPSA) is 60.7 Å². The zero-order chi connectivity index (χ0) is 18.5. The minimum Gasteiger partial charge on any atom is -0.298 e. The molecule has 2 aromatic heterocycles. The molecule has 6 heteroatoms. The van der Waals surface area contributed by atoms with Crippen molar-refractivity contribution in [2.24, 2.45) is 0 Å². The number of ketones is 1. The maximum absolute atomic E-state index is 12.6. The minimum absolute atomic E-state index is 0.0866. The number of allylic oxidation sites excluding steroid dienone is 1. The van der Waals surface area contributed by atoms with Gasteiger partial charge in [-0.1, -0.05) is 41.6 Å². The molecular formula is C20H20N4OS. The van der Waals surface area contributed by atoms with E-state index in [1.165, 1.54) is 11.8 Å². The zero-order valence-corrected chi connectivity index (χ0v) is 15.7. The van der Waals surface area contributed by atoms with E-state index in [0.717, 1.165) is 28.1 Å². The molecule has 3 aromatic rings. The van der Waals surface area contributed by atoms with Crippen molar-refractivity contribution >= 4 is 17.5 Å². The number of aryl methyl sites for hydroxylation is 2. The molecule has 0 bridgehead atoms. The SMILES string of the molecule is C=CCn1c(SCC(=O)c2ccc(C)cc2C)nnc1-c1cccnc1. The van der Waals surface area contributed by atoms with Crippen LogP contribution in [0.1, 0.15) is 21.5 Å². The van der Waals surface area contributed by atoms with Crippen LogP contribution < -0.4 is 0 Å². The number of hydrogen-bond acceptors (Lipinski definition) is 5. The van der Waals surface area contributed by atoms with Gasteiger partial charge >= 0.3 is 0 Å². The molecule has 0 unspecified atom stereocenters.